The standard InChI is InChI=1S/C20H16N2O7/c1-11-13(20(24)25)4-3-5-15(11)21-19(23)18-9-8-17(29-18)14-7-6-12(28-2)10-16(14)22(26)27/h3-10H,1-2H3,(H,21,23)(H,24,25). The second-order valence-corrected chi connectivity index (χ2v) is 6.04. The van der Waals surface area contributed by atoms with E-state index in [0.29, 0.717) is 17.0 Å². The van der Waals surface area contributed by atoms with Crippen molar-refractivity contribution in [2.24, 2.45) is 0 Å². The summed E-state index contributed by atoms with van der Waals surface area (Å²) in [5.74, 6) is -1.34. The summed E-state index contributed by atoms with van der Waals surface area (Å²) in [5.41, 5.74) is 0.751. The lowest BCUT2D eigenvalue weighted by atomic mass is 10.1. The SMILES string of the molecule is COc1ccc(-c2ccc(C(=O)Nc3cccc(C(=O)O)c3C)o2)c([N+](=O)[O-])c1. The number of benzene rings is 2. The lowest BCUT2D eigenvalue weighted by molar-refractivity contribution is -0.384. The van der Waals surface area contributed by atoms with Gasteiger partial charge in [0.15, 0.2) is 5.76 Å². The molecule has 29 heavy (non-hydrogen) atoms. The Morgan fingerprint density at radius 1 is 1.17 bits per heavy atom. The third kappa shape index (κ3) is 3.93. The molecular weight excluding hydrogens is 380 g/mol. The highest BCUT2D eigenvalue weighted by atomic mass is 16.6. The molecule has 0 bridgehead atoms. The van der Waals surface area contributed by atoms with E-state index in [-0.39, 0.29) is 28.3 Å². The topological polar surface area (TPSA) is 132 Å². The zero-order valence-corrected chi connectivity index (χ0v) is 15.5. The average molecular weight is 396 g/mol. The number of amides is 1. The number of hydrogen-bond acceptors (Lipinski definition) is 6. The average Bonchev–Trinajstić information content (AvgIpc) is 3.19. The Balaban J connectivity index is 1.90. The van der Waals surface area contributed by atoms with Crippen LogP contribution in [0.3, 0.4) is 0 Å². The monoisotopic (exact) mass is 396 g/mol. The van der Waals surface area contributed by atoms with E-state index in [0.717, 1.165) is 0 Å². The van der Waals surface area contributed by atoms with Crippen molar-refractivity contribution >= 4 is 23.3 Å². The molecule has 0 saturated carbocycles. The van der Waals surface area contributed by atoms with Gasteiger partial charge in [0.25, 0.3) is 11.6 Å². The number of nitro benzene ring substituents is 1. The number of carbonyl (C=O) groups is 2. The molecule has 0 spiro atoms. The largest absolute Gasteiger partial charge is 0.497 e. The number of nitro groups is 1. The van der Waals surface area contributed by atoms with Gasteiger partial charge in [0.1, 0.15) is 11.5 Å². The highest BCUT2D eigenvalue weighted by molar-refractivity contribution is 6.04. The molecule has 1 amide bonds. The lowest BCUT2D eigenvalue weighted by Gasteiger charge is -2.09. The van der Waals surface area contributed by atoms with Crippen LogP contribution in [-0.4, -0.2) is 29.0 Å². The Hall–Kier alpha value is -4.14. The fraction of sp³-hybridized carbons (Fsp3) is 0.100. The number of hydrogen-bond donors (Lipinski definition) is 2. The van der Waals surface area contributed by atoms with Crippen molar-refractivity contribution in [2.75, 3.05) is 12.4 Å². The van der Waals surface area contributed by atoms with Gasteiger partial charge in [-0.05, 0) is 48.9 Å². The molecule has 0 atom stereocenters. The first-order valence-corrected chi connectivity index (χ1v) is 8.38. The number of anilines is 1. The van der Waals surface area contributed by atoms with Crippen LogP contribution >= 0.6 is 0 Å². The van der Waals surface area contributed by atoms with Crippen LogP contribution in [0.5, 0.6) is 5.75 Å². The van der Waals surface area contributed by atoms with Crippen molar-refractivity contribution in [2.45, 2.75) is 6.92 Å². The smallest absolute Gasteiger partial charge is 0.336 e. The van der Waals surface area contributed by atoms with Gasteiger partial charge in [-0.15, -0.1) is 0 Å². The molecule has 3 aromatic rings. The van der Waals surface area contributed by atoms with E-state index in [1.54, 1.807) is 19.1 Å². The minimum absolute atomic E-state index is 0.0665. The van der Waals surface area contributed by atoms with Crippen LogP contribution in [-0.2, 0) is 0 Å². The van der Waals surface area contributed by atoms with Crippen molar-refractivity contribution in [1.29, 1.82) is 0 Å². The van der Waals surface area contributed by atoms with Crippen molar-refractivity contribution in [3.63, 3.8) is 0 Å². The van der Waals surface area contributed by atoms with Crippen LogP contribution in [0, 0.1) is 17.0 Å². The lowest BCUT2D eigenvalue weighted by Crippen LogP contribution is -2.13. The summed E-state index contributed by atoms with van der Waals surface area (Å²) in [6.07, 6.45) is 0. The Labute approximate surface area is 164 Å². The molecule has 0 radical (unpaired) electrons. The van der Waals surface area contributed by atoms with Crippen LogP contribution in [0.25, 0.3) is 11.3 Å². The van der Waals surface area contributed by atoms with Crippen LogP contribution in [0.2, 0.25) is 0 Å². The predicted octanol–water partition coefficient (Wildman–Crippen LogP) is 4.12. The van der Waals surface area contributed by atoms with Gasteiger partial charge in [-0.2, -0.15) is 0 Å². The third-order valence-corrected chi connectivity index (χ3v) is 4.31. The normalized spacial score (nSPS) is 10.4. The van der Waals surface area contributed by atoms with Crippen molar-refractivity contribution in [3.8, 4) is 17.1 Å². The number of aromatic carboxylic acids is 1. The Kier molecular flexibility index (Phi) is 5.31. The molecule has 2 aromatic carbocycles. The number of rotatable bonds is 6. The summed E-state index contributed by atoms with van der Waals surface area (Å²) in [7, 11) is 1.40. The van der Waals surface area contributed by atoms with Gasteiger partial charge >= 0.3 is 5.97 Å². The molecule has 0 aliphatic carbocycles. The van der Waals surface area contributed by atoms with E-state index in [1.807, 2.05) is 0 Å². The molecule has 2 N–H and O–H groups in total. The van der Waals surface area contributed by atoms with E-state index in [2.05, 4.69) is 5.32 Å². The Morgan fingerprint density at radius 2 is 1.93 bits per heavy atom. The number of nitrogens with one attached hydrogen (secondary N) is 1. The quantitative estimate of drug-likeness (QED) is 0.473. The number of methoxy groups -OCH3 is 1. The zero-order valence-electron chi connectivity index (χ0n) is 15.5. The molecule has 0 fully saturated rings. The number of carboxylic acids is 1. The van der Waals surface area contributed by atoms with E-state index in [9.17, 15) is 24.8 Å². The fourth-order valence-electron chi connectivity index (χ4n) is 2.79. The molecule has 0 saturated heterocycles. The second-order valence-electron chi connectivity index (χ2n) is 6.04. The summed E-state index contributed by atoms with van der Waals surface area (Å²) in [4.78, 5) is 34.5. The van der Waals surface area contributed by atoms with Gasteiger partial charge < -0.3 is 19.6 Å². The first-order valence-electron chi connectivity index (χ1n) is 8.38. The van der Waals surface area contributed by atoms with E-state index in [4.69, 9.17) is 9.15 Å². The number of furan rings is 1. The van der Waals surface area contributed by atoms with Crippen molar-refractivity contribution in [3.05, 3.63) is 75.5 Å². The minimum atomic E-state index is -1.11. The molecule has 148 valence electrons. The van der Waals surface area contributed by atoms with Crippen LogP contribution < -0.4 is 10.1 Å². The molecule has 0 aliphatic rings. The molecule has 0 aliphatic heterocycles. The van der Waals surface area contributed by atoms with Crippen LogP contribution in [0.1, 0.15) is 26.5 Å². The summed E-state index contributed by atoms with van der Waals surface area (Å²) >= 11 is 0. The predicted molar refractivity (Wildman–Crippen MR) is 103 cm³/mol. The van der Waals surface area contributed by atoms with Crippen molar-refractivity contribution < 1.29 is 28.8 Å². The molecular formula is C20H16N2O7. The number of carbonyl (C=O) groups excluding carboxylic acids is 1. The number of carboxylic acid groups (broad SMARTS) is 1. The third-order valence-electron chi connectivity index (χ3n) is 4.31. The van der Waals surface area contributed by atoms with Gasteiger partial charge in [-0.25, -0.2) is 4.79 Å². The van der Waals surface area contributed by atoms with E-state index >= 15 is 0 Å². The summed E-state index contributed by atoms with van der Waals surface area (Å²) < 4.78 is 10.5. The molecule has 1 aromatic heterocycles. The van der Waals surface area contributed by atoms with Gasteiger partial charge in [-0.1, -0.05) is 6.07 Å². The summed E-state index contributed by atoms with van der Waals surface area (Å²) in [6.45, 7) is 1.58. The maximum Gasteiger partial charge on any atom is 0.336 e. The fourth-order valence-corrected chi connectivity index (χ4v) is 2.79. The number of nitrogens with zero attached hydrogens (tertiary/aromatic N) is 1. The first-order chi connectivity index (χ1) is 13.8. The Morgan fingerprint density at radius 3 is 2.59 bits per heavy atom. The molecule has 9 nitrogen and oxygen atoms in total. The summed E-state index contributed by atoms with van der Waals surface area (Å²) in [6, 6.07) is 11.6. The van der Waals surface area contributed by atoms with E-state index < -0.39 is 16.8 Å². The highest BCUT2D eigenvalue weighted by Crippen LogP contribution is 2.34. The maximum atomic E-state index is 12.5. The first kappa shape index (κ1) is 19.6. The zero-order chi connectivity index (χ0) is 21.1. The summed E-state index contributed by atoms with van der Waals surface area (Å²) in [5, 5.41) is 23.1. The minimum Gasteiger partial charge on any atom is -0.497 e. The Bertz CT molecular complexity index is 1120. The van der Waals surface area contributed by atoms with Gasteiger partial charge in [-0.3, -0.25) is 14.9 Å². The van der Waals surface area contributed by atoms with Crippen molar-refractivity contribution in [1.82, 2.24) is 0 Å². The van der Waals surface area contributed by atoms with Gasteiger partial charge in [0.05, 0.1) is 29.2 Å². The molecule has 9 heteroatoms. The maximum absolute atomic E-state index is 12.5. The van der Waals surface area contributed by atoms with Gasteiger partial charge in [0, 0.05) is 5.69 Å². The highest BCUT2D eigenvalue weighted by Gasteiger charge is 2.21. The van der Waals surface area contributed by atoms with E-state index in [1.165, 1.54) is 43.5 Å². The molecule has 1 heterocycles. The number of ether oxygens (including phenoxy) is 1. The van der Waals surface area contributed by atoms with Crippen LogP contribution in [0.15, 0.2) is 52.9 Å². The van der Waals surface area contributed by atoms with Gasteiger partial charge in [0.2, 0.25) is 0 Å². The molecule has 3 rings (SSSR count). The second kappa shape index (κ2) is 7.85. The molecule has 0 unspecified atom stereocenters. The van der Waals surface area contributed by atoms with Crippen LogP contribution in [0.4, 0.5) is 11.4 Å².